The summed E-state index contributed by atoms with van der Waals surface area (Å²) in [4.78, 5) is 8.95. The Hall–Kier alpha value is -3.42. The molecular formula is C23H28FN5O2. The fraction of sp³-hybridized carbons (Fsp3) is 0.348. The zero-order valence-corrected chi connectivity index (χ0v) is 18.1. The number of halogens is 1. The molecule has 3 rings (SSSR count). The van der Waals surface area contributed by atoms with Gasteiger partial charge in [-0.05, 0) is 31.5 Å². The second-order valence-corrected chi connectivity index (χ2v) is 6.81. The van der Waals surface area contributed by atoms with Crippen LogP contribution in [0.4, 0.5) is 4.39 Å². The quantitative estimate of drug-likeness (QED) is 0.391. The zero-order valence-electron chi connectivity index (χ0n) is 18.1. The van der Waals surface area contributed by atoms with Gasteiger partial charge in [0.1, 0.15) is 17.3 Å². The summed E-state index contributed by atoms with van der Waals surface area (Å²) >= 11 is 0. The summed E-state index contributed by atoms with van der Waals surface area (Å²) in [6.07, 6.45) is 3.23. The van der Waals surface area contributed by atoms with Crippen LogP contribution in [-0.4, -0.2) is 22.6 Å². The third-order valence-corrected chi connectivity index (χ3v) is 4.65. The average Bonchev–Trinajstić information content (AvgIpc) is 3.18. The summed E-state index contributed by atoms with van der Waals surface area (Å²) < 4.78 is 24.7. The number of aromatic nitrogens is 2. The first-order chi connectivity index (χ1) is 15.1. The van der Waals surface area contributed by atoms with Gasteiger partial charge in [-0.2, -0.15) is 0 Å². The summed E-state index contributed by atoms with van der Waals surface area (Å²) in [5.74, 6) is 1.97. The van der Waals surface area contributed by atoms with Crippen LogP contribution >= 0.6 is 0 Å². The highest BCUT2D eigenvalue weighted by Crippen LogP contribution is 2.24. The van der Waals surface area contributed by atoms with E-state index in [4.69, 9.17) is 9.26 Å². The van der Waals surface area contributed by atoms with Gasteiger partial charge in [-0.3, -0.25) is 0 Å². The number of benzene rings is 1. The van der Waals surface area contributed by atoms with Gasteiger partial charge in [0.2, 0.25) is 5.88 Å². The summed E-state index contributed by atoms with van der Waals surface area (Å²) in [6, 6.07) is 9.68. The summed E-state index contributed by atoms with van der Waals surface area (Å²) in [5.41, 5.74) is 2.82. The van der Waals surface area contributed by atoms with E-state index < -0.39 is 0 Å². The molecule has 2 N–H and O–H groups in total. The second-order valence-electron chi connectivity index (χ2n) is 6.81. The first kappa shape index (κ1) is 22.3. The van der Waals surface area contributed by atoms with Crippen LogP contribution < -0.4 is 15.4 Å². The summed E-state index contributed by atoms with van der Waals surface area (Å²) in [5, 5.41) is 10.7. The molecule has 0 aliphatic heterocycles. The van der Waals surface area contributed by atoms with E-state index >= 15 is 0 Å². The molecular weight excluding hydrogens is 397 g/mol. The number of nitrogens with zero attached hydrogens (tertiary/aromatic N) is 3. The molecule has 0 unspecified atom stereocenters. The van der Waals surface area contributed by atoms with Gasteiger partial charge in [0.05, 0.1) is 12.2 Å². The van der Waals surface area contributed by atoms with E-state index in [2.05, 4.69) is 32.7 Å². The Labute approximate surface area is 181 Å². The molecule has 0 saturated carbocycles. The van der Waals surface area contributed by atoms with Gasteiger partial charge in [0, 0.05) is 42.9 Å². The highest BCUT2D eigenvalue weighted by molar-refractivity contribution is 5.79. The number of pyridine rings is 1. The van der Waals surface area contributed by atoms with E-state index in [1.807, 2.05) is 26.0 Å². The molecule has 0 saturated heterocycles. The average molecular weight is 426 g/mol. The fourth-order valence-corrected chi connectivity index (χ4v) is 3.09. The molecule has 2 heterocycles. The molecule has 0 bridgehead atoms. The van der Waals surface area contributed by atoms with Gasteiger partial charge < -0.3 is 19.9 Å². The van der Waals surface area contributed by atoms with Crippen molar-refractivity contribution in [2.24, 2.45) is 4.99 Å². The Balaban J connectivity index is 1.73. The van der Waals surface area contributed by atoms with Crippen LogP contribution in [0.5, 0.6) is 11.6 Å². The van der Waals surface area contributed by atoms with Crippen molar-refractivity contribution in [3.8, 4) is 11.6 Å². The summed E-state index contributed by atoms with van der Waals surface area (Å²) in [7, 11) is 0. The number of guanidine groups is 1. The molecule has 0 aliphatic carbocycles. The molecule has 1 aromatic carbocycles. The van der Waals surface area contributed by atoms with Crippen molar-refractivity contribution in [2.45, 2.75) is 46.7 Å². The maximum absolute atomic E-state index is 13.5. The Morgan fingerprint density at radius 3 is 2.74 bits per heavy atom. The normalized spacial score (nSPS) is 11.4. The number of nitrogens with one attached hydrogen (secondary N) is 2. The predicted molar refractivity (Wildman–Crippen MR) is 118 cm³/mol. The van der Waals surface area contributed by atoms with E-state index in [9.17, 15) is 4.39 Å². The number of aliphatic imine (C=N–C) groups is 1. The van der Waals surface area contributed by atoms with Gasteiger partial charge in [0.15, 0.2) is 5.96 Å². The lowest BCUT2D eigenvalue weighted by atomic mass is 10.1. The van der Waals surface area contributed by atoms with Crippen molar-refractivity contribution in [3.63, 3.8) is 0 Å². The van der Waals surface area contributed by atoms with Crippen molar-refractivity contribution in [1.82, 2.24) is 20.8 Å². The van der Waals surface area contributed by atoms with Crippen molar-refractivity contribution in [3.05, 3.63) is 71.0 Å². The largest absolute Gasteiger partial charge is 0.439 e. The minimum absolute atomic E-state index is 0.346. The smallest absolute Gasteiger partial charge is 0.224 e. The molecule has 0 amide bonds. The highest BCUT2D eigenvalue weighted by atomic mass is 19.1. The number of aryl methyl sites for hydroxylation is 2. The van der Waals surface area contributed by atoms with Crippen LogP contribution in [0.15, 0.2) is 52.1 Å². The Morgan fingerprint density at radius 2 is 2.00 bits per heavy atom. The van der Waals surface area contributed by atoms with Crippen LogP contribution in [0, 0.1) is 5.82 Å². The molecule has 31 heavy (non-hydrogen) atoms. The molecule has 0 aliphatic rings. The maximum atomic E-state index is 13.5. The standard InChI is InChI=1S/C23H28FN5O2/c1-4-20-19(21(5-2)31-29-20)15-28-23(25-6-3)27-14-16-9-8-12-26-22(16)30-18-11-7-10-17(24)13-18/h7-13H,4-6,14-15H2,1-3H3,(H2,25,27,28). The van der Waals surface area contributed by atoms with Gasteiger partial charge in [-0.1, -0.05) is 31.1 Å². The van der Waals surface area contributed by atoms with Crippen molar-refractivity contribution < 1.29 is 13.7 Å². The first-order valence-electron chi connectivity index (χ1n) is 10.5. The van der Waals surface area contributed by atoms with Gasteiger partial charge in [-0.15, -0.1) is 0 Å². The Morgan fingerprint density at radius 1 is 1.13 bits per heavy atom. The second kappa shape index (κ2) is 11.1. The van der Waals surface area contributed by atoms with Crippen molar-refractivity contribution in [2.75, 3.05) is 6.54 Å². The van der Waals surface area contributed by atoms with Crippen LogP contribution in [-0.2, 0) is 25.9 Å². The molecule has 2 aromatic heterocycles. The maximum Gasteiger partial charge on any atom is 0.224 e. The van der Waals surface area contributed by atoms with E-state index in [1.54, 1.807) is 18.3 Å². The van der Waals surface area contributed by atoms with Crippen LogP contribution in [0.3, 0.4) is 0 Å². The minimum Gasteiger partial charge on any atom is -0.439 e. The molecule has 8 heteroatoms. The topological polar surface area (TPSA) is 84.6 Å². The molecule has 7 nitrogen and oxygen atoms in total. The van der Waals surface area contributed by atoms with Crippen LogP contribution in [0.25, 0.3) is 0 Å². The number of ether oxygens (including phenoxy) is 1. The lowest BCUT2D eigenvalue weighted by Gasteiger charge is -2.13. The SMILES string of the molecule is CCNC(=NCc1cccnc1Oc1cccc(F)c1)NCc1c(CC)noc1CC. The van der Waals surface area contributed by atoms with E-state index in [0.717, 1.165) is 42.0 Å². The van der Waals surface area contributed by atoms with Gasteiger partial charge >= 0.3 is 0 Å². The molecule has 0 atom stereocenters. The lowest BCUT2D eigenvalue weighted by molar-refractivity contribution is 0.380. The number of rotatable bonds is 9. The fourth-order valence-electron chi connectivity index (χ4n) is 3.09. The molecule has 0 radical (unpaired) electrons. The lowest BCUT2D eigenvalue weighted by Crippen LogP contribution is -2.37. The molecule has 3 aromatic rings. The molecule has 164 valence electrons. The summed E-state index contributed by atoms with van der Waals surface area (Å²) in [6.45, 7) is 7.75. The van der Waals surface area contributed by atoms with Gasteiger partial charge in [-0.25, -0.2) is 14.4 Å². The van der Waals surface area contributed by atoms with Gasteiger partial charge in [0.25, 0.3) is 0 Å². The monoisotopic (exact) mass is 425 g/mol. The highest BCUT2D eigenvalue weighted by Gasteiger charge is 2.14. The van der Waals surface area contributed by atoms with E-state index in [-0.39, 0.29) is 5.82 Å². The van der Waals surface area contributed by atoms with Crippen molar-refractivity contribution >= 4 is 5.96 Å². The molecule has 0 fully saturated rings. The van der Waals surface area contributed by atoms with E-state index in [0.29, 0.717) is 30.7 Å². The number of hydrogen-bond donors (Lipinski definition) is 2. The third kappa shape index (κ3) is 6.04. The third-order valence-electron chi connectivity index (χ3n) is 4.65. The van der Waals surface area contributed by atoms with Crippen LogP contribution in [0.2, 0.25) is 0 Å². The Kier molecular flexibility index (Phi) is 7.98. The van der Waals surface area contributed by atoms with E-state index in [1.165, 1.54) is 12.1 Å². The predicted octanol–water partition coefficient (Wildman–Crippen LogP) is 4.38. The molecule has 0 spiro atoms. The minimum atomic E-state index is -0.363. The zero-order chi connectivity index (χ0) is 22.1. The van der Waals surface area contributed by atoms with Crippen LogP contribution in [0.1, 0.15) is 43.4 Å². The van der Waals surface area contributed by atoms with Crippen molar-refractivity contribution in [1.29, 1.82) is 0 Å². The Bertz CT molecular complexity index is 997. The number of hydrogen-bond acceptors (Lipinski definition) is 5. The first-order valence-corrected chi connectivity index (χ1v) is 10.5.